The molecule has 24 heavy (non-hydrogen) atoms. The number of carbonyl (C=O) groups excluding carboxylic acids is 2. The van der Waals surface area contributed by atoms with Gasteiger partial charge in [0.2, 0.25) is 5.91 Å². The van der Waals surface area contributed by atoms with Crippen LogP contribution in [0.2, 0.25) is 0 Å². The minimum absolute atomic E-state index is 0.000946. The van der Waals surface area contributed by atoms with Crippen molar-refractivity contribution in [3.8, 4) is 0 Å². The van der Waals surface area contributed by atoms with Crippen molar-refractivity contribution in [1.29, 1.82) is 0 Å². The SMILES string of the molecule is CC1(C)C(=O)Nc2cc([N+](=O)[O-])c(NC(=O)c3cccnn3)cc21. The van der Waals surface area contributed by atoms with Crippen molar-refractivity contribution < 1.29 is 14.5 Å². The molecule has 2 aromatic rings. The van der Waals surface area contributed by atoms with E-state index in [1.165, 1.54) is 30.5 Å². The number of nitro groups is 1. The van der Waals surface area contributed by atoms with E-state index in [2.05, 4.69) is 20.8 Å². The van der Waals surface area contributed by atoms with E-state index in [0.29, 0.717) is 11.3 Å². The number of carbonyl (C=O) groups is 2. The highest BCUT2D eigenvalue weighted by Crippen LogP contribution is 2.42. The van der Waals surface area contributed by atoms with E-state index in [-0.39, 0.29) is 23.0 Å². The van der Waals surface area contributed by atoms with Crippen LogP contribution in [0.15, 0.2) is 30.5 Å². The Kier molecular flexibility index (Phi) is 3.48. The van der Waals surface area contributed by atoms with Crippen LogP contribution in [0, 0.1) is 10.1 Å². The van der Waals surface area contributed by atoms with Crippen LogP contribution in [0.4, 0.5) is 17.1 Å². The molecule has 9 heteroatoms. The van der Waals surface area contributed by atoms with Crippen molar-refractivity contribution in [1.82, 2.24) is 10.2 Å². The molecule has 0 bridgehead atoms. The smallest absolute Gasteiger partial charge is 0.294 e. The van der Waals surface area contributed by atoms with Gasteiger partial charge in [0, 0.05) is 12.3 Å². The first-order valence-corrected chi connectivity index (χ1v) is 7.04. The molecule has 1 aromatic carbocycles. The van der Waals surface area contributed by atoms with Gasteiger partial charge in [0.05, 0.1) is 16.0 Å². The minimum atomic E-state index is -0.851. The van der Waals surface area contributed by atoms with Crippen LogP contribution >= 0.6 is 0 Å². The lowest BCUT2D eigenvalue weighted by atomic mass is 9.86. The number of hydrogen-bond acceptors (Lipinski definition) is 6. The summed E-state index contributed by atoms with van der Waals surface area (Å²) in [6, 6.07) is 5.66. The number of anilines is 2. The number of aromatic nitrogens is 2. The van der Waals surface area contributed by atoms with Crippen molar-refractivity contribution in [3.05, 3.63) is 51.8 Å². The van der Waals surface area contributed by atoms with Crippen molar-refractivity contribution in [2.75, 3.05) is 10.6 Å². The maximum absolute atomic E-state index is 12.2. The molecule has 0 atom stereocenters. The van der Waals surface area contributed by atoms with Gasteiger partial charge in [-0.2, -0.15) is 5.10 Å². The van der Waals surface area contributed by atoms with Gasteiger partial charge in [-0.1, -0.05) is 0 Å². The molecule has 0 unspecified atom stereocenters. The Bertz CT molecular complexity index is 864. The predicted molar refractivity (Wildman–Crippen MR) is 84.7 cm³/mol. The summed E-state index contributed by atoms with van der Waals surface area (Å²) in [4.78, 5) is 34.9. The molecule has 0 saturated carbocycles. The van der Waals surface area contributed by atoms with Crippen molar-refractivity contribution >= 4 is 28.9 Å². The van der Waals surface area contributed by atoms with Gasteiger partial charge < -0.3 is 10.6 Å². The molecule has 2 heterocycles. The molecule has 0 radical (unpaired) electrons. The summed E-state index contributed by atoms with van der Waals surface area (Å²) in [5.74, 6) is -0.884. The van der Waals surface area contributed by atoms with Gasteiger partial charge in [0.25, 0.3) is 11.6 Å². The second-order valence-electron chi connectivity index (χ2n) is 5.81. The largest absolute Gasteiger partial charge is 0.325 e. The lowest BCUT2D eigenvalue weighted by molar-refractivity contribution is -0.383. The molecule has 1 aliphatic heterocycles. The third kappa shape index (κ3) is 2.45. The Hall–Kier alpha value is -3.36. The second kappa shape index (κ2) is 5.37. The topological polar surface area (TPSA) is 127 Å². The first-order valence-electron chi connectivity index (χ1n) is 7.04. The summed E-state index contributed by atoms with van der Waals surface area (Å²) in [6.07, 6.45) is 1.41. The van der Waals surface area contributed by atoms with Crippen molar-refractivity contribution in [3.63, 3.8) is 0 Å². The summed E-state index contributed by atoms with van der Waals surface area (Å²) >= 11 is 0. The number of amides is 2. The van der Waals surface area contributed by atoms with Gasteiger partial charge in [-0.3, -0.25) is 19.7 Å². The van der Waals surface area contributed by atoms with Crippen LogP contribution in [-0.4, -0.2) is 26.9 Å². The Morgan fingerprint density at radius 1 is 1.38 bits per heavy atom. The normalized spacial score (nSPS) is 14.7. The third-order valence-electron chi connectivity index (χ3n) is 3.87. The number of benzene rings is 1. The molecule has 0 saturated heterocycles. The predicted octanol–water partition coefficient (Wildman–Crippen LogP) is 1.87. The van der Waals surface area contributed by atoms with Crippen molar-refractivity contribution in [2.45, 2.75) is 19.3 Å². The Labute approximate surface area is 136 Å². The highest BCUT2D eigenvalue weighted by Gasteiger charge is 2.40. The fraction of sp³-hybridized carbons (Fsp3) is 0.200. The molecule has 3 rings (SSSR count). The summed E-state index contributed by atoms with van der Waals surface area (Å²) in [5, 5.41) is 23.6. The van der Waals surface area contributed by atoms with Crippen molar-refractivity contribution in [2.24, 2.45) is 0 Å². The molecule has 1 aliphatic rings. The summed E-state index contributed by atoms with van der Waals surface area (Å²) in [7, 11) is 0. The minimum Gasteiger partial charge on any atom is -0.325 e. The van der Waals surface area contributed by atoms with Crippen LogP contribution in [0.1, 0.15) is 29.9 Å². The van der Waals surface area contributed by atoms with Gasteiger partial charge >= 0.3 is 0 Å². The van der Waals surface area contributed by atoms with E-state index >= 15 is 0 Å². The van der Waals surface area contributed by atoms with Gasteiger partial charge in [0.15, 0.2) is 5.69 Å². The maximum atomic E-state index is 12.2. The maximum Gasteiger partial charge on any atom is 0.294 e. The Morgan fingerprint density at radius 3 is 2.75 bits per heavy atom. The van der Waals surface area contributed by atoms with Crippen LogP contribution in [0.5, 0.6) is 0 Å². The zero-order valence-electron chi connectivity index (χ0n) is 12.9. The third-order valence-corrected chi connectivity index (χ3v) is 3.87. The number of hydrogen-bond donors (Lipinski definition) is 2. The van der Waals surface area contributed by atoms with Gasteiger partial charge in [-0.25, -0.2) is 0 Å². The number of fused-ring (bicyclic) bond motifs is 1. The molecule has 2 amide bonds. The average molecular weight is 327 g/mol. The van der Waals surface area contributed by atoms with Crippen LogP contribution < -0.4 is 10.6 Å². The van der Waals surface area contributed by atoms with E-state index in [1.54, 1.807) is 13.8 Å². The molecule has 0 aliphatic carbocycles. The van der Waals surface area contributed by atoms with E-state index in [0.717, 1.165) is 0 Å². The van der Waals surface area contributed by atoms with E-state index in [9.17, 15) is 19.7 Å². The molecule has 0 fully saturated rings. The molecule has 2 N–H and O–H groups in total. The molecular weight excluding hydrogens is 314 g/mol. The average Bonchev–Trinajstić information content (AvgIpc) is 2.77. The van der Waals surface area contributed by atoms with E-state index in [4.69, 9.17) is 0 Å². The number of nitro benzene ring substituents is 1. The quantitative estimate of drug-likeness (QED) is 0.654. The van der Waals surface area contributed by atoms with Crippen LogP contribution in [-0.2, 0) is 10.2 Å². The highest BCUT2D eigenvalue weighted by molar-refractivity contribution is 6.08. The zero-order chi connectivity index (χ0) is 17.5. The van der Waals surface area contributed by atoms with Crippen LogP contribution in [0.3, 0.4) is 0 Å². The summed E-state index contributed by atoms with van der Waals surface area (Å²) in [6.45, 7) is 3.41. The monoisotopic (exact) mass is 327 g/mol. The van der Waals surface area contributed by atoms with Crippen LogP contribution in [0.25, 0.3) is 0 Å². The molecule has 0 spiro atoms. The van der Waals surface area contributed by atoms with E-state index in [1.807, 2.05) is 0 Å². The van der Waals surface area contributed by atoms with E-state index < -0.39 is 16.2 Å². The lowest BCUT2D eigenvalue weighted by Gasteiger charge is -2.16. The van der Waals surface area contributed by atoms with Gasteiger partial charge in [-0.05, 0) is 37.6 Å². The molecule has 122 valence electrons. The second-order valence-corrected chi connectivity index (χ2v) is 5.81. The number of rotatable bonds is 3. The summed E-state index contributed by atoms with van der Waals surface area (Å²) < 4.78 is 0. The van der Waals surface area contributed by atoms with Gasteiger partial charge in [-0.15, -0.1) is 5.10 Å². The van der Waals surface area contributed by atoms with Gasteiger partial charge in [0.1, 0.15) is 5.69 Å². The first-order chi connectivity index (χ1) is 11.3. The number of nitrogens with one attached hydrogen (secondary N) is 2. The lowest BCUT2D eigenvalue weighted by Crippen LogP contribution is -2.27. The highest BCUT2D eigenvalue weighted by atomic mass is 16.6. The Morgan fingerprint density at radius 2 is 2.12 bits per heavy atom. The standard InChI is InChI=1S/C15H13N5O4/c1-15(2)8-6-11(17-13(21)9-4-3-5-16-19-9)12(20(23)24)7-10(8)18-14(15)22/h3-7H,1-2H3,(H,17,21)(H,18,22). The molecule has 1 aromatic heterocycles. The Balaban J connectivity index is 2.04. The zero-order valence-corrected chi connectivity index (χ0v) is 12.9. The first kappa shape index (κ1) is 15.5. The molecular formula is C15H13N5O4. The summed E-state index contributed by atoms with van der Waals surface area (Å²) in [5.41, 5.74) is -0.193. The fourth-order valence-corrected chi connectivity index (χ4v) is 2.47. The number of nitrogens with zero attached hydrogens (tertiary/aromatic N) is 3. The molecule has 9 nitrogen and oxygen atoms in total. The fourth-order valence-electron chi connectivity index (χ4n) is 2.47.